The van der Waals surface area contributed by atoms with E-state index in [2.05, 4.69) is 19.2 Å². The Morgan fingerprint density at radius 3 is 2.21 bits per heavy atom. The van der Waals surface area contributed by atoms with Gasteiger partial charge in [0.1, 0.15) is 6.04 Å². The Hall–Kier alpha value is -1.26. The summed E-state index contributed by atoms with van der Waals surface area (Å²) in [5.41, 5.74) is 0.320. The number of hydrogen-bond acceptors (Lipinski definition) is 2. The average molecular weight is 270 g/mol. The van der Waals surface area contributed by atoms with E-state index < -0.39 is 12.0 Å². The molecule has 0 saturated carbocycles. The molecule has 1 unspecified atom stereocenters. The monoisotopic (exact) mass is 270 g/mol. The number of carboxylic acid groups (broad SMARTS) is 1. The van der Waals surface area contributed by atoms with E-state index >= 15 is 0 Å². The Morgan fingerprint density at radius 1 is 1.32 bits per heavy atom. The molecule has 0 aromatic rings. The molecular formula is C14H26N2O3. The summed E-state index contributed by atoms with van der Waals surface area (Å²) in [5.74, 6) is -1.09. The van der Waals surface area contributed by atoms with Crippen LogP contribution in [0.25, 0.3) is 0 Å². The Balaban J connectivity index is 2.54. The number of carbonyl (C=O) groups excluding carboxylic acids is 1. The highest BCUT2D eigenvalue weighted by Crippen LogP contribution is 2.33. The van der Waals surface area contributed by atoms with Crippen LogP contribution in [0, 0.1) is 11.3 Å². The average Bonchev–Trinajstić information content (AvgIpc) is 2.35. The topological polar surface area (TPSA) is 69.6 Å². The largest absolute Gasteiger partial charge is 0.480 e. The molecule has 1 aliphatic rings. The van der Waals surface area contributed by atoms with Gasteiger partial charge in [-0.25, -0.2) is 9.59 Å². The van der Waals surface area contributed by atoms with E-state index in [-0.39, 0.29) is 11.9 Å². The van der Waals surface area contributed by atoms with Crippen molar-refractivity contribution in [1.82, 2.24) is 10.2 Å². The zero-order valence-corrected chi connectivity index (χ0v) is 12.4. The van der Waals surface area contributed by atoms with Crippen LogP contribution in [-0.2, 0) is 4.79 Å². The van der Waals surface area contributed by atoms with Gasteiger partial charge in [-0.1, -0.05) is 34.1 Å². The lowest BCUT2D eigenvalue weighted by Gasteiger charge is -2.39. The second-order valence-electron chi connectivity index (χ2n) is 6.16. The van der Waals surface area contributed by atoms with E-state index in [9.17, 15) is 9.59 Å². The van der Waals surface area contributed by atoms with Crippen molar-refractivity contribution >= 4 is 12.0 Å². The fourth-order valence-electron chi connectivity index (χ4n) is 2.34. The van der Waals surface area contributed by atoms with E-state index in [1.54, 1.807) is 18.7 Å². The van der Waals surface area contributed by atoms with Crippen molar-refractivity contribution in [3.63, 3.8) is 0 Å². The van der Waals surface area contributed by atoms with Crippen molar-refractivity contribution < 1.29 is 14.7 Å². The molecule has 2 amide bonds. The van der Waals surface area contributed by atoms with Gasteiger partial charge < -0.3 is 15.3 Å². The zero-order valence-electron chi connectivity index (χ0n) is 12.4. The normalized spacial score (nSPS) is 20.2. The van der Waals surface area contributed by atoms with E-state index in [1.165, 1.54) is 0 Å². The Labute approximate surface area is 115 Å². The second-order valence-corrected chi connectivity index (χ2v) is 6.16. The number of rotatable bonds is 4. The minimum absolute atomic E-state index is 0.118. The number of hydrogen-bond donors (Lipinski definition) is 2. The fourth-order valence-corrected chi connectivity index (χ4v) is 2.34. The van der Waals surface area contributed by atoms with E-state index in [0.29, 0.717) is 18.5 Å². The SMILES string of the molecule is CCC1(C)CCN(C(=O)NC(C(=O)O)C(C)C)CC1. The first-order valence-corrected chi connectivity index (χ1v) is 7.07. The number of nitrogens with one attached hydrogen (secondary N) is 1. The quantitative estimate of drug-likeness (QED) is 0.823. The Kier molecular flexibility index (Phi) is 5.20. The van der Waals surface area contributed by atoms with E-state index in [1.807, 2.05) is 0 Å². The molecule has 0 bridgehead atoms. The molecule has 0 aromatic carbocycles. The van der Waals surface area contributed by atoms with Crippen molar-refractivity contribution in [2.24, 2.45) is 11.3 Å². The van der Waals surface area contributed by atoms with Crippen LogP contribution >= 0.6 is 0 Å². The van der Waals surface area contributed by atoms with Gasteiger partial charge in [0.15, 0.2) is 0 Å². The molecule has 0 spiro atoms. The van der Waals surface area contributed by atoms with Gasteiger partial charge in [0.25, 0.3) is 0 Å². The lowest BCUT2D eigenvalue weighted by Crippen LogP contribution is -2.52. The third-order valence-corrected chi connectivity index (χ3v) is 4.32. The minimum atomic E-state index is -0.973. The summed E-state index contributed by atoms with van der Waals surface area (Å²) in [5, 5.41) is 11.7. The van der Waals surface area contributed by atoms with Gasteiger partial charge in [-0.15, -0.1) is 0 Å². The van der Waals surface area contributed by atoms with Gasteiger partial charge in [-0.3, -0.25) is 0 Å². The molecule has 5 heteroatoms. The molecule has 19 heavy (non-hydrogen) atoms. The number of carboxylic acids is 1. The van der Waals surface area contributed by atoms with Crippen LogP contribution in [0.1, 0.15) is 47.0 Å². The standard InChI is InChI=1S/C14H26N2O3/c1-5-14(4)6-8-16(9-7-14)13(19)15-11(10(2)3)12(17)18/h10-11H,5-9H2,1-4H3,(H,15,19)(H,17,18). The molecule has 1 atom stereocenters. The molecule has 2 N–H and O–H groups in total. The number of carbonyl (C=O) groups is 2. The van der Waals surface area contributed by atoms with E-state index in [0.717, 1.165) is 19.3 Å². The van der Waals surface area contributed by atoms with Gasteiger partial charge in [-0.2, -0.15) is 0 Å². The second kappa shape index (κ2) is 6.26. The van der Waals surface area contributed by atoms with Crippen LogP contribution in [0.3, 0.4) is 0 Å². The van der Waals surface area contributed by atoms with Gasteiger partial charge in [0, 0.05) is 13.1 Å². The molecule has 1 fully saturated rings. The molecule has 1 rings (SSSR count). The van der Waals surface area contributed by atoms with Gasteiger partial charge in [0.2, 0.25) is 0 Å². The number of piperidine rings is 1. The van der Waals surface area contributed by atoms with Gasteiger partial charge >= 0.3 is 12.0 Å². The molecule has 1 saturated heterocycles. The summed E-state index contributed by atoms with van der Waals surface area (Å²) in [6.07, 6.45) is 3.08. The molecule has 1 aliphatic heterocycles. The molecule has 1 heterocycles. The first-order chi connectivity index (χ1) is 8.79. The van der Waals surface area contributed by atoms with Crippen LogP contribution < -0.4 is 5.32 Å². The molecule has 0 aromatic heterocycles. The highest BCUT2D eigenvalue weighted by Gasteiger charge is 2.32. The van der Waals surface area contributed by atoms with E-state index in [4.69, 9.17) is 5.11 Å². The highest BCUT2D eigenvalue weighted by atomic mass is 16.4. The van der Waals surface area contributed by atoms with Gasteiger partial charge in [-0.05, 0) is 24.2 Å². The fraction of sp³-hybridized carbons (Fsp3) is 0.857. The summed E-state index contributed by atoms with van der Waals surface area (Å²) >= 11 is 0. The maximum atomic E-state index is 12.1. The third kappa shape index (κ3) is 4.11. The van der Waals surface area contributed by atoms with Crippen LogP contribution in [0.15, 0.2) is 0 Å². The first kappa shape index (κ1) is 15.8. The smallest absolute Gasteiger partial charge is 0.326 e. The van der Waals surface area contributed by atoms with Crippen molar-refractivity contribution in [3.05, 3.63) is 0 Å². The van der Waals surface area contributed by atoms with Crippen molar-refractivity contribution in [2.45, 2.75) is 53.0 Å². The van der Waals surface area contributed by atoms with Gasteiger partial charge in [0.05, 0.1) is 0 Å². The lowest BCUT2D eigenvalue weighted by atomic mass is 9.78. The van der Waals surface area contributed by atoms with Crippen LogP contribution in [0.4, 0.5) is 4.79 Å². The van der Waals surface area contributed by atoms with Crippen LogP contribution in [0.2, 0.25) is 0 Å². The number of aliphatic carboxylic acids is 1. The predicted molar refractivity (Wildman–Crippen MR) is 74.0 cm³/mol. The minimum Gasteiger partial charge on any atom is -0.480 e. The number of amides is 2. The van der Waals surface area contributed by atoms with Crippen LogP contribution in [-0.4, -0.2) is 41.1 Å². The molecule has 0 aliphatic carbocycles. The summed E-state index contributed by atoms with van der Waals surface area (Å²) in [4.78, 5) is 24.9. The predicted octanol–water partition coefficient (Wildman–Crippen LogP) is 2.32. The number of likely N-dealkylation sites (tertiary alicyclic amines) is 1. The molecular weight excluding hydrogens is 244 g/mol. The zero-order chi connectivity index (χ0) is 14.6. The maximum absolute atomic E-state index is 12.1. The van der Waals surface area contributed by atoms with Crippen molar-refractivity contribution in [2.75, 3.05) is 13.1 Å². The summed E-state index contributed by atoms with van der Waals surface area (Å²) < 4.78 is 0. The molecule has 0 radical (unpaired) electrons. The molecule has 5 nitrogen and oxygen atoms in total. The summed E-state index contributed by atoms with van der Waals surface area (Å²) in [6, 6.07) is -1.06. The highest BCUT2D eigenvalue weighted by molar-refractivity contribution is 5.82. The number of nitrogens with zero attached hydrogens (tertiary/aromatic N) is 1. The molecule has 110 valence electrons. The van der Waals surface area contributed by atoms with Crippen molar-refractivity contribution in [1.29, 1.82) is 0 Å². The summed E-state index contributed by atoms with van der Waals surface area (Å²) in [6.45, 7) is 9.43. The lowest BCUT2D eigenvalue weighted by molar-refractivity contribution is -0.140. The Bertz CT molecular complexity index is 334. The van der Waals surface area contributed by atoms with Crippen molar-refractivity contribution in [3.8, 4) is 0 Å². The third-order valence-electron chi connectivity index (χ3n) is 4.32. The Morgan fingerprint density at radius 2 is 1.84 bits per heavy atom. The first-order valence-electron chi connectivity index (χ1n) is 7.07. The van der Waals surface area contributed by atoms with Crippen LogP contribution in [0.5, 0.6) is 0 Å². The number of urea groups is 1. The summed E-state index contributed by atoms with van der Waals surface area (Å²) in [7, 11) is 0. The maximum Gasteiger partial charge on any atom is 0.326 e.